The molecule has 1 atom stereocenters. The number of carbonyl (C=O) groups excluding carboxylic acids is 1. The van der Waals surface area contributed by atoms with Crippen LogP contribution in [-0.2, 0) is 11.3 Å². The molecule has 0 saturated heterocycles. The molecule has 3 heteroatoms. The summed E-state index contributed by atoms with van der Waals surface area (Å²) in [5.74, 6) is 1.03. The predicted molar refractivity (Wildman–Crippen MR) is 91.3 cm³/mol. The molecule has 0 heterocycles. The fourth-order valence-corrected chi connectivity index (χ4v) is 2.99. The second kappa shape index (κ2) is 8.94. The van der Waals surface area contributed by atoms with Gasteiger partial charge in [-0.15, -0.1) is 0 Å². The van der Waals surface area contributed by atoms with Crippen LogP contribution in [0.15, 0.2) is 30.3 Å². The van der Waals surface area contributed by atoms with Gasteiger partial charge in [0.05, 0.1) is 0 Å². The number of amides is 1. The van der Waals surface area contributed by atoms with Crippen molar-refractivity contribution in [2.75, 3.05) is 6.54 Å². The third-order valence-corrected chi connectivity index (χ3v) is 4.66. The lowest BCUT2D eigenvalue weighted by atomic mass is 10.1. The zero-order chi connectivity index (χ0) is 15.8. The van der Waals surface area contributed by atoms with Crippen LogP contribution >= 0.6 is 0 Å². The predicted octanol–water partition coefficient (Wildman–Crippen LogP) is 3.72. The van der Waals surface area contributed by atoms with Gasteiger partial charge in [0.15, 0.2) is 0 Å². The van der Waals surface area contributed by atoms with Gasteiger partial charge < -0.3 is 10.6 Å². The highest BCUT2D eigenvalue weighted by atomic mass is 16.2. The fraction of sp³-hybridized carbons (Fsp3) is 0.632. The topological polar surface area (TPSA) is 46.3 Å². The molecule has 0 bridgehead atoms. The summed E-state index contributed by atoms with van der Waals surface area (Å²) in [6.45, 7) is 3.72. The molecule has 1 aromatic carbocycles. The second-order valence-corrected chi connectivity index (χ2v) is 6.54. The lowest BCUT2D eigenvalue weighted by Crippen LogP contribution is -2.39. The fourth-order valence-electron chi connectivity index (χ4n) is 2.99. The Morgan fingerprint density at radius 2 is 1.86 bits per heavy atom. The van der Waals surface area contributed by atoms with Crippen molar-refractivity contribution < 1.29 is 4.79 Å². The maximum Gasteiger partial charge on any atom is 0.223 e. The molecule has 0 spiro atoms. The first-order valence-electron chi connectivity index (χ1n) is 8.76. The highest BCUT2D eigenvalue weighted by Gasteiger charge is 2.33. The average Bonchev–Trinajstić information content (AvgIpc) is 3.37. The summed E-state index contributed by atoms with van der Waals surface area (Å²) in [6.07, 6.45) is 7.53. The molecule has 3 nitrogen and oxygen atoms in total. The van der Waals surface area contributed by atoms with E-state index < -0.39 is 0 Å². The van der Waals surface area contributed by atoms with Crippen molar-refractivity contribution in [3.63, 3.8) is 0 Å². The average molecular weight is 302 g/mol. The van der Waals surface area contributed by atoms with E-state index in [1.165, 1.54) is 18.4 Å². The van der Waals surface area contributed by atoms with Crippen LogP contribution in [0, 0.1) is 5.92 Å². The second-order valence-electron chi connectivity index (χ2n) is 6.54. The van der Waals surface area contributed by atoms with Gasteiger partial charge >= 0.3 is 0 Å². The molecular weight excluding hydrogens is 272 g/mol. The molecule has 1 aliphatic rings. The Kier molecular flexibility index (Phi) is 6.91. The van der Waals surface area contributed by atoms with Gasteiger partial charge in [-0.2, -0.15) is 0 Å². The lowest BCUT2D eigenvalue weighted by Gasteiger charge is -2.30. The Bertz CT molecular complexity index is 442. The molecule has 1 fully saturated rings. The number of carbonyl (C=O) groups is 1. The molecule has 122 valence electrons. The van der Waals surface area contributed by atoms with Crippen LogP contribution in [0.5, 0.6) is 0 Å². The van der Waals surface area contributed by atoms with E-state index in [1.54, 1.807) is 0 Å². The van der Waals surface area contributed by atoms with Crippen molar-refractivity contribution in [3.05, 3.63) is 35.9 Å². The first-order chi connectivity index (χ1) is 10.7. The van der Waals surface area contributed by atoms with Gasteiger partial charge in [-0.3, -0.25) is 4.79 Å². The molecule has 22 heavy (non-hydrogen) atoms. The van der Waals surface area contributed by atoms with Crippen LogP contribution in [0.2, 0.25) is 0 Å². The minimum Gasteiger partial charge on any atom is -0.335 e. The Labute approximate surface area is 134 Å². The first-order valence-corrected chi connectivity index (χ1v) is 8.76. The molecule has 2 rings (SSSR count). The van der Waals surface area contributed by atoms with Gasteiger partial charge in [0.1, 0.15) is 0 Å². The van der Waals surface area contributed by atoms with Crippen LogP contribution in [0.4, 0.5) is 0 Å². The summed E-state index contributed by atoms with van der Waals surface area (Å²) in [4.78, 5) is 14.8. The third-order valence-electron chi connectivity index (χ3n) is 4.66. The van der Waals surface area contributed by atoms with E-state index in [0.29, 0.717) is 24.3 Å². The smallest absolute Gasteiger partial charge is 0.223 e. The molecule has 0 aromatic heterocycles. The molecule has 1 aliphatic carbocycles. The van der Waals surface area contributed by atoms with Gasteiger partial charge in [0.2, 0.25) is 5.91 Å². The maximum atomic E-state index is 12.7. The Balaban J connectivity index is 1.87. The Hall–Kier alpha value is -1.35. The third kappa shape index (κ3) is 5.45. The van der Waals surface area contributed by atoms with Crippen molar-refractivity contribution >= 4 is 5.91 Å². The van der Waals surface area contributed by atoms with Crippen LogP contribution < -0.4 is 5.73 Å². The monoisotopic (exact) mass is 302 g/mol. The quantitative estimate of drug-likeness (QED) is 0.670. The van der Waals surface area contributed by atoms with Gasteiger partial charge in [-0.05, 0) is 50.6 Å². The zero-order valence-electron chi connectivity index (χ0n) is 13.8. The highest BCUT2D eigenvalue weighted by Crippen LogP contribution is 2.36. The minimum absolute atomic E-state index is 0.316. The number of benzene rings is 1. The summed E-state index contributed by atoms with van der Waals surface area (Å²) in [5, 5.41) is 0. The van der Waals surface area contributed by atoms with Gasteiger partial charge in [0, 0.05) is 19.0 Å². The number of unbranched alkanes of at least 4 members (excludes halogenated alkanes) is 3. The first kappa shape index (κ1) is 17.0. The highest BCUT2D eigenvalue weighted by molar-refractivity contribution is 5.76. The van der Waals surface area contributed by atoms with Crippen LogP contribution in [-0.4, -0.2) is 23.4 Å². The van der Waals surface area contributed by atoms with Gasteiger partial charge in [-0.25, -0.2) is 0 Å². The SMILES string of the molecule is CC(C1CC1)N(Cc1ccccc1)C(=O)CCCCCCN. The molecule has 0 radical (unpaired) electrons. The number of nitrogens with two attached hydrogens (primary N) is 1. The van der Waals surface area contributed by atoms with E-state index in [4.69, 9.17) is 5.73 Å². The number of hydrogen-bond donors (Lipinski definition) is 1. The summed E-state index contributed by atoms with van der Waals surface area (Å²) >= 11 is 0. The Morgan fingerprint density at radius 1 is 1.18 bits per heavy atom. The minimum atomic E-state index is 0.316. The van der Waals surface area contributed by atoms with Crippen molar-refractivity contribution in [1.29, 1.82) is 0 Å². The van der Waals surface area contributed by atoms with Gasteiger partial charge in [0.25, 0.3) is 0 Å². The van der Waals surface area contributed by atoms with Crippen LogP contribution in [0.3, 0.4) is 0 Å². The largest absolute Gasteiger partial charge is 0.335 e. The van der Waals surface area contributed by atoms with Crippen LogP contribution in [0.25, 0.3) is 0 Å². The number of rotatable bonds is 10. The standard InChI is InChI=1S/C19H30N2O/c1-16(18-12-13-18)21(15-17-9-5-4-6-10-17)19(22)11-7-2-3-8-14-20/h4-6,9-10,16,18H,2-3,7-8,11-15,20H2,1H3. The zero-order valence-corrected chi connectivity index (χ0v) is 13.8. The molecule has 1 unspecified atom stereocenters. The Morgan fingerprint density at radius 3 is 2.50 bits per heavy atom. The van der Waals surface area contributed by atoms with E-state index in [2.05, 4.69) is 24.0 Å². The van der Waals surface area contributed by atoms with Crippen molar-refractivity contribution in [1.82, 2.24) is 4.90 Å². The van der Waals surface area contributed by atoms with E-state index in [1.807, 2.05) is 18.2 Å². The van der Waals surface area contributed by atoms with E-state index in [0.717, 1.165) is 38.8 Å². The van der Waals surface area contributed by atoms with Crippen molar-refractivity contribution in [3.8, 4) is 0 Å². The van der Waals surface area contributed by atoms with E-state index in [9.17, 15) is 4.79 Å². The van der Waals surface area contributed by atoms with Crippen molar-refractivity contribution in [2.45, 2.75) is 64.5 Å². The summed E-state index contributed by atoms with van der Waals surface area (Å²) in [7, 11) is 0. The molecule has 2 N–H and O–H groups in total. The lowest BCUT2D eigenvalue weighted by molar-refractivity contribution is -0.134. The molecule has 1 aromatic rings. The molecule has 1 amide bonds. The number of hydrogen-bond acceptors (Lipinski definition) is 2. The van der Waals surface area contributed by atoms with Crippen molar-refractivity contribution in [2.24, 2.45) is 11.7 Å². The van der Waals surface area contributed by atoms with E-state index in [-0.39, 0.29) is 0 Å². The van der Waals surface area contributed by atoms with Crippen LogP contribution in [0.1, 0.15) is 57.4 Å². The summed E-state index contributed by atoms with van der Waals surface area (Å²) in [6, 6.07) is 10.7. The summed E-state index contributed by atoms with van der Waals surface area (Å²) in [5.41, 5.74) is 6.74. The maximum absolute atomic E-state index is 12.7. The number of nitrogens with zero attached hydrogens (tertiary/aromatic N) is 1. The molecular formula is C19H30N2O. The normalized spacial score (nSPS) is 15.5. The summed E-state index contributed by atoms with van der Waals surface area (Å²) < 4.78 is 0. The molecule has 1 saturated carbocycles. The van der Waals surface area contributed by atoms with Gasteiger partial charge in [-0.1, -0.05) is 43.2 Å². The molecule has 0 aliphatic heterocycles. The van der Waals surface area contributed by atoms with E-state index >= 15 is 0 Å².